The molecule has 20 heavy (non-hydrogen) atoms. The van der Waals surface area contributed by atoms with Crippen LogP contribution in [0.1, 0.15) is 32.8 Å². The predicted molar refractivity (Wildman–Crippen MR) is 75.9 cm³/mol. The van der Waals surface area contributed by atoms with E-state index in [1.165, 1.54) is 5.56 Å². The molecule has 0 saturated heterocycles. The average Bonchev–Trinajstić information content (AvgIpc) is 2.35. The highest BCUT2D eigenvalue weighted by Gasteiger charge is 2.13. The number of carboxylic acid groups (broad SMARTS) is 1. The van der Waals surface area contributed by atoms with Crippen molar-refractivity contribution in [1.82, 2.24) is 5.32 Å². The molecule has 1 rings (SSSR count). The smallest absolute Gasteiger partial charge is 0.305 e. The van der Waals surface area contributed by atoms with Gasteiger partial charge in [0.2, 0.25) is 0 Å². The van der Waals surface area contributed by atoms with Crippen molar-refractivity contribution < 1.29 is 19.4 Å². The summed E-state index contributed by atoms with van der Waals surface area (Å²) in [4.78, 5) is 21.7. The largest absolute Gasteiger partial charge is 0.484 e. The Morgan fingerprint density at radius 2 is 1.80 bits per heavy atom. The Labute approximate surface area is 118 Å². The highest BCUT2D eigenvalue weighted by molar-refractivity contribution is 5.78. The van der Waals surface area contributed by atoms with Crippen molar-refractivity contribution in [1.29, 1.82) is 0 Å². The minimum Gasteiger partial charge on any atom is -0.484 e. The lowest BCUT2D eigenvalue weighted by molar-refractivity contribution is -0.137. The number of amides is 1. The van der Waals surface area contributed by atoms with Gasteiger partial charge in [-0.15, -0.1) is 0 Å². The Bertz CT molecular complexity index is 460. The molecular formula is C15H21NO4. The number of hydrogen-bond acceptors (Lipinski definition) is 3. The molecule has 0 aliphatic rings. The standard InChI is InChI=1S/C15H21NO4/c1-15(2,3)11-4-6-12(7-5-11)20-10-13(17)16-9-8-14(18)19/h4-7H,8-10H2,1-3H3,(H,16,17)(H,18,19). The van der Waals surface area contributed by atoms with Crippen LogP contribution < -0.4 is 10.1 Å². The molecule has 0 saturated carbocycles. The summed E-state index contributed by atoms with van der Waals surface area (Å²) in [6.45, 7) is 6.37. The molecule has 2 N–H and O–H groups in total. The van der Waals surface area contributed by atoms with Gasteiger partial charge in [0, 0.05) is 6.54 Å². The fraction of sp³-hybridized carbons (Fsp3) is 0.467. The molecule has 0 unspecified atom stereocenters. The molecule has 0 aliphatic carbocycles. The third-order valence-corrected chi connectivity index (χ3v) is 2.75. The molecular weight excluding hydrogens is 258 g/mol. The van der Waals surface area contributed by atoms with E-state index in [2.05, 4.69) is 26.1 Å². The van der Waals surface area contributed by atoms with Crippen molar-refractivity contribution in [2.24, 2.45) is 0 Å². The number of carboxylic acids is 1. The third-order valence-electron chi connectivity index (χ3n) is 2.75. The first-order valence-electron chi connectivity index (χ1n) is 6.51. The SMILES string of the molecule is CC(C)(C)c1ccc(OCC(=O)NCCC(=O)O)cc1. The van der Waals surface area contributed by atoms with Crippen LogP contribution in [-0.4, -0.2) is 30.1 Å². The normalized spacial score (nSPS) is 10.9. The number of hydrogen-bond donors (Lipinski definition) is 2. The van der Waals surface area contributed by atoms with Crippen molar-refractivity contribution >= 4 is 11.9 Å². The van der Waals surface area contributed by atoms with Crippen molar-refractivity contribution in [2.45, 2.75) is 32.6 Å². The molecule has 0 aromatic heterocycles. The number of benzene rings is 1. The molecule has 1 amide bonds. The lowest BCUT2D eigenvalue weighted by Crippen LogP contribution is -2.30. The van der Waals surface area contributed by atoms with Crippen molar-refractivity contribution in [2.75, 3.05) is 13.2 Å². The number of rotatable bonds is 6. The highest BCUT2D eigenvalue weighted by Crippen LogP contribution is 2.24. The summed E-state index contributed by atoms with van der Waals surface area (Å²) in [5.41, 5.74) is 1.27. The van der Waals surface area contributed by atoms with E-state index in [-0.39, 0.29) is 30.9 Å². The van der Waals surface area contributed by atoms with Gasteiger partial charge in [-0.25, -0.2) is 0 Å². The van der Waals surface area contributed by atoms with Gasteiger partial charge in [-0.3, -0.25) is 9.59 Å². The summed E-state index contributed by atoms with van der Waals surface area (Å²) in [5.74, 6) is -0.651. The number of carbonyl (C=O) groups excluding carboxylic acids is 1. The third kappa shape index (κ3) is 5.73. The predicted octanol–water partition coefficient (Wildman–Crippen LogP) is 1.95. The van der Waals surface area contributed by atoms with Crippen LogP contribution in [0.2, 0.25) is 0 Å². The minimum atomic E-state index is -0.941. The van der Waals surface area contributed by atoms with Crippen LogP contribution in [0.4, 0.5) is 0 Å². The lowest BCUT2D eigenvalue weighted by Gasteiger charge is -2.19. The Morgan fingerprint density at radius 1 is 1.20 bits per heavy atom. The minimum absolute atomic E-state index is 0.0761. The molecule has 0 atom stereocenters. The molecule has 0 spiro atoms. The molecule has 5 heteroatoms. The van der Waals surface area contributed by atoms with Gasteiger partial charge in [0.05, 0.1) is 6.42 Å². The van der Waals surface area contributed by atoms with Crippen LogP contribution in [0.25, 0.3) is 0 Å². The monoisotopic (exact) mass is 279 g/mol. The maximum atomic E-state index is 11.4. The topological polar surface area (TPSA) is 75.6 Å². The summed E-state index contributed by atoms with van der Waals surface area (Å²) >= 11 is 0. The van der Waals surface area contributed by atoms with Crippen LogP contribution in [0, 0.1) is 0 Å². The van der Waals surface area contributed by atoms with Crippen LogP contribution in [0.5, 0.6) is 5.75 Å². The van der Waals surface area contributed by atoms with Crippen LogP contribution in [0.3, 0.4) is 0 Å². The second-order valence-corrected chi connectivity index (χ2v) is 5.56. The fourth-order valence-electron chi connectivity index (χ4n) is 1.56. The van der Waals surface area contributed by atoms with Gasteiger partial charge in [0.1, 0.15) is 5.75 Å². The van der Waals surface area contributed by atoms with E-state index in [4.69, 9.17) is 9.84 Å². The summed E-state index contributed by atoms with van der Waals surface area (Å²) in [6, 6.07) is 7.59. The molecule has 0 heterocycles. The molecule has 0 radical (unpaired) electrons. The summed E-state index contributed by atoms with van der Waals surface area (Å²) in [6.07, 6.45) is -0.0913. The molecule has 0 aliphatic heterocycles. The average molecular weight is 279 g/mol. The molecule has 1 aromatic rings. The van der Waals surface area contributed by atoms with Crippen LogP contribution in [0.15, 0.2) is 24.3 Å². The molecule has 110 valence electrons. The van der Waals surface area contributed by atoms with Crippen molar-refractivity contribution in [3.63, 3.8) is 0 Å². The van der Waals surface area contributed by atoms with E-state index >= 15 is 0 Å². The van der Waals surface area contributed by atoms with Gasteiger partial charge in [-0.2, -0.15) is 0 Å². The van der Waals surface area contributed by atoms with Crippen LogP contribution in [-0.2, 0) is 15.0 Å². The Balaban J connectivity index is 2.38. The Kier molecular flexibility index (Phi) is 5.55. The second-order valence-electron chi connectivity index (χ2n) is 5.56. The first kappa shape index (κ1) is 16.0. The van der Waals surface area contributed by atoms with E-state index in [1.54, 1.807) is 0 Å². The maximum absolute atomic E-state index is 11.4. The van der Waals surface area contributed by atoms with E-state index in [0.717, 1.165) is 0 Å². The molecule has 5 nitrogen and oxygen atoms in total. The molecule has 0 fully saturated rings. The van der Waals surface area contributed by atoms with Gasteiger partial charge < -0.3 is 15.2 Å². The van der Waals surface area contributed by atoms with Gasteiger partial charge in [0.15, 0.2) is 6.61 Å². The number of aliphatic carboxylic acids is 1. The summed E-state index contributed by atoms with van der Waals surface area (Å²) in [5, 5.41) is 10.9. The quantitative estimate of drug-likeness (QED) is 0.834. The number of nitrogens with one attached hydrogen (secondary N) is 1. The zero-order valence-corrected chi connectivity index (χ0v) is 12.1. The second kappa shape index (κ2) is 6.93. The van der Waals surface area contributed by atoms with Gasteiger partial charge >= 0.3 is 5.97 Å². The van der Waals surface area contributed by atoms with Gasteiger partial charge in [-0.05, 0) is 23.1 Å². The first-order chi connectivity index (χ1) is 9.29. The summed E-state index contributed by atoms with van der Waals surface area (Å²) < 4.78 is 5.33. The summed E-state index contributed by atoms with van der Waals surface area (Å²) in [7, 11) is 0. The highest BCUT2D eigenvalue weighted by atomic mass is 16.5. The number of ether oxygens (including phenoxy) is 1. The van der Waals surface area contributed by atoms with E-state index in [0.29, 0.717) is 5.75 Å². The van der Waals surface area contributed by atoms with E-state index in [9.17, 15) is 9.59 Å². The maximum Gasteiger partial charge on any atom is 0.305 e. The Hall–Kier alpha value is -2.04. The van der Waals surface area contributed by atoms with Gasteiger partial charge in [-0.1, -0.05) is 32.9 Å². The lowest BCUT2D eigenvalue weighted by atomic mass is 9.87. The van der Waals surface area contributed by atoms with Crippen molar-refractivity contribution in [3.8, 4) is 5.75 Å². The van der Waals surface area contributed by atoms with Crippen molar-refractivity contribution in [3.05, 3.63) is 29.8 Å². The zero-order chi connectivity index (χ0) is 15.2. The number of carbonyl (C=O) groups is 2. The fourth-order valence-corrected chi connectivity index (χ4v) is 1.56. The van der Waals surface area contributed by atoms with Gasteiger partial charge in [0.25, 0.3) is 5.91 Å². The first-order valence-corrected chi connectivity index (χ1v) is 6.51. The molecule has 0 bridgehead atoms. The van der Waals surface area contributed by atoms with Crippen LogP contribution >= 0.6 is 0 Å². The Morgan fingerprint density at radius 3 is 2.30 bits per heavy atom. The van der Waals surface area contributed by atoms with E-state index < -0.39 is 5.97 Å². The van der Waals surface area contributed by atoms with E-state index in [1.807, 2.05) is 24.3 Å². The zero-order valence-electron chi connectivity index (χ0n) is 12.1. The molecule has 1 aromatic carbocycles.